The molecule has 0 bridgehead atoms. The summed E-state index contributed by atoms with van der Waals surface area (Å²) < 4.78 is 5.76. The van der Waals surface area contributed by atoms with Crippen molar-refractivity contribution < 1.29 is 9.53 Å². The number of ether oxygens (including phenoxy) is 1. The summed E-state index contributed by atoms with van der Waals surface area (Å²) in [6.07, 6.45) is 1.85. The standard InChI is InChI=1S/C19H24N4O2/c1-15(2)25-17-8-4-3-7-16(17)21-19(24)23-13-11-22(12-14-23)18-9-5-6-10-20-18/h3-10,15H,11-14H2,1-2H3,(H,21,24). The van der Waals surface area contributed by atoms with Gasteiger partial charge in [-0.15, -0.1) is 0 Å². The topological polar surface area (TPSA) is 57.7 Å². The van der Waals surface area contributed by atoms with Crippen molar-refractivity contribution in [2.75, 3.05) is 36.4 Å². The van der Waals surface area contributed by atoms with Gasteiger partial charge in [0.15, 0.2) is 0 Å². The lowest BCUT2D eigenvalue weighted by molar-refractivity contribution is 0.207. The predicted octanol–water partition coefficient (Wildman–Crippen LogP) is 3.22. The Morgan fingerprint density at radius 1 is 1.08 bits per heavy atom. The number of amides is 2. The van der Waals surface area contributed by atoms with Crippen molar-refractivity contribution in [1.29, 1.82) is 0 Å². The van der Waals surface area contributed by atoms with Crippen molar-refractivity contribution in [3.05, 3.63) is 48.7 Å². The number of hydrogen-bond donors (Lipinski definition) is 1. The van der Waals surface area contributed by atoms with E-state index in [0.717, 1.165) is 18.9 Å². The second-order valence-electron chi connectivity index (χ2n) is 6.25. The maximum absolute atomic E-state index is 12.6. The van der Waals surface area contributed by atoms with E-state index in [1.807, 2.05) is 61.2 Å². The molecule has 0 unspecified atom stereocenters. The average Bonchev–Trinajstić information content (AvgIpc) is 2.64. The van der Waals surface area contributed by atoms with Crippen LogP contribution in [-0.2, 0) is 0 Å². The summed E-state index contributed by atoms with van der Waals surface area (Å²) in [7, 11) is 0. The number of piperazine rings is 1. The molecule has 2 aromatic rings. The number of pyridine rings is 1. The highest BCUT2D eigenvalue weighted by Crippen LogP contribution is 2.25. The first kappa shape index (κ1) is 17.1. The molecule has 0 saturated carbocycles. The summed E-state index contributed by atoms with van der Waals surface area (Å²) in [5.41, 5.74) is 0.702. The largest absolute Gasteiger partial charge is 0.489 e. The van der Waals surface area contributed by atoms with Crippen molar-refractivity contribution in [3.8, 4) is 5.75 Å². The van der Waals surface area contributed by atoms with Gasteiger partial charge in [-0.05, 0) is 38.1 Å². The van der Waals surface area contributed by atoms with E-state index in [-0.39, 0.29) is 12.1 Å². The molecule has 1 aliphatic heterocycles. The molecule has 0 radical (unpaired) electrons. The fraction of sp³-hybridized carbons (Fsp3) is 0.368. The van der Waals surface area contributed by atoms with Gasteiger partial charge < -0.3 is 19.9 Å². The van der Waals surface area contributed by atoms with Gasteiger partial charge in [-0.3, -0.25) is 0 Å². The number of nitrogens with one attached hydrogen (secondary N) is 1. The number of urea groups is 1. The highest BCUT2D eigenvalue weighted by atomic mass is 16.5. The highest BCUT2D eigenvalue weighted by Gasteiger charge is 2.22. The number of para-hydroxylation sites is 2. The normalized spacial score (nSPS) is 14.5. The van der Waals surface area contributed by atoms with Gasteiger partial charge in [0, 0.05) is 32.4 Å². The van der Waals surface area contributed by atoms with Crippen molar-refractivity contribution in [2.24, 2.45) is 0 Å². The van der Waals surface area contributed by atoms with Gasteiger partial charge in [-0.25, -0.2) is 9.78 Å². The second kappa shape index (κ2) is 7.88. The van der Waals surface area contributed by atoms with E-state index < -0.39 is 0 Å². The molecule has 0 atom stereocenters. The lowest BCUT2D eigenvalue weighted by Gasteiger charge is -2.35. The molecule has 0 aliphatic carbocycles. The van der Waals surface area contributed by atoms with Gasteiger partial charge in [-0.1, -0.05) is 18.2 Å². The Hall–Kier alpha value is -2.76. The molecule has 2 amide bonds. The number of nitrogens with zero attached hydrogens (tertiary/aromatic N) is 3. The van der Waals surface area contributed by atoms with Gasteiger partial charge in [0.2, 0.25) is 0 Å². The molecule has 3 rings (SSSR count). The van der Waals surface area contributed by atoms with Gasteiger partial charge in [0.1, 0.15) is 11.6 Å². The van der Waals surface area contributed by atoms with Crippen LogP contribution < -0.4 is 15.0 Å². The first-order valence-electron chi connectivity index (χ1n) is 8.61. The van der Waals surface area contributed by atoms with E-state index in [9.17, 15) is 4.79 Å². The minimum atomic E-state index is -0.0968. The Bertz CT molecular complexity index is 698. The SMILES string of the molecule is CC(C)Oc1ccccc1NC(=O)N1CCN(c2ccccn2)CC1. The molecular weight excluding hydrogens is 316 g/mol. The fourth-order valence-corrected chi connectivity index (χ4v) is 2.80. The zero-order chi connectivity index (χ0) is 17.6. The quantitative estimate of drug-likeness (QED) is 0.928. The smallest absolute Gasteiger partial charge is 0.322 e. The minimum absolute atomic E-state index is 0.0555. The predicted molar refractivity (Wildman–Crippen MR) is 99.2 cm³/mol. The maximum Gasteiger partial charge on any atom is 0.322 e. The van der Waals surface area contributed by atoms with Crippen LogP contribution in [0.3, 0.4) is 0 Å². The van der Waals surface area contributed by atoms with Gasteiger partial charge >= 0.3 is 6.03 Å². The fourth-order valence-electron chi connectivity index (χ4n) is 2.80. The molecule has 1 fully saturated rings. The molecule has 6 nitrogen and oxygen atoms in total. The van der Waals surface area contributed by atoms with Crippen LogP contribution >= 0.6 is 0 Å². The number of benzene rings is 1. The van der Waals surface area contributed by atoms with Gasteiger partial charge in [-0.2, -0.15) is 0 Å². The highest BCUT2D eigenvalue weighted by molar-refractivity contribution is 5.91. The molecule has 0 spiro atoms. The zero-order valence-corrected chi connectivity index (χ0v) is 14.7. The van der Waals surface area contributed by atoms with Crippen LogP contribution in [-0.4, -0.2) is 48.2 Å². The van der Waals surface area contributed by atoms with E-state index in [1.165, 1.54) is 0 Å². The van der Waals surface area contributed by atoms with Crippen LogP contribution in [0.1, 0.15) is 13.8 Å². The Labute approximate surface area is 148 Å². The molecule has 2 heterocycles. The number of hydrogen-bond acceptors (Lipinski definition) is 4. The molecule has 25 heavy (non-hydrogen) atoms. The third-order valence-corrected chi connectivity index (χ3v) is 4.03. The van der Waals surface area contributed by atoms with Crippen LogP contribution in [0.15, 0.2) is 48.7 Å². The summed E-state index contributed by atoms with van der Waals surface area (Å²) >= 11 is 0. The van der Waals surface area contributed by atoms with Crippen LogP contribution in [0.4, 0.5) is 16.3 Å². The Morgan fingerprint density at radius 3 is 2.48 bits per heavy atom. The van der Waals surface area contributed by atoms with E-state index in [0.29, 0.717) is 24.5 Å². The summed E-state index contributed by atoms with van der Waals surface area (Å²) in [4.78, 5) is 21.0. The Morgan fingerprint density at radius 2 is 1.80 bits per heavy atom. The van der Waals surface area contributed by atoms with Crippen molar-refractivity contribution in [1.82, 2.24) is 9.88 Å². The van der Waals surface area contributed by atoms with Gasteiger partial charge in [0.05, 0.1) is 11.8 Å². The maximum atomic E-state index is 12.6. The lowest BCUT2D eigenvalue weighted by atomic mass is 10.2. The second-order valence-corrected chi connectivity index (χ2v) is 6.25. The third-order valence-electron chi connectivity index (χ3n) is 4.03. The molecule has 132 valence electrons. The first-order valence-corrected chi connectivity index (χ1v) is 8.61. The number of carbonyl (C=O) groups is 1. The zero-order valence-electron chi connectivity index (χ0n) is 14.7. The number of rotatable bonds is 4. The summed E-state index contributed by atoms with van der Waals surface area (Å²) in [6.45, 7) is 6.80. The van der Waals surface area contributed by atoms with E-state index >= 15 is 0 Å². The van der Waals surface area contributed by atoms with Crippen LogP contribution in [0.5, 0.6) is 5.75 Å². The monoisotopic (exact) mass is 340 g/mol. The van der Waals surface area contributed by atoms with Crippen molar-refractivity contribution in [2.45, 2.75) is 20.0 Å². The minimum Gasteiger partial charge on any atom is -0.489 e. The summed E-state index contributed by atoms with van der Waals surface area (Å²) in [5, 5.41) is 2.97. The van der Waals surface area contributed by atoms with Crippen LogP contribution in [0.25, 0.3) is 0 Å². The first-order chi connectivity index (χ1) is 12.1. The van der Waals surface area contributed by atoms with E-state index in [2.05, 4.69) is 15.2 Å². The van der Waals surface area contributed by atoms with Crippen molar-refractivity contribution in [3.63, 3.8) is 0 Å². The number of aromatic nitrogens is 1. The molecule has 6 heteroatoms. The van der Waals surface area contributed by atoms with Crippen LogP contribution in [0, 0.1) is 0 Å². The summed E-state index contributed by atoms with van der Waals surface area (Å²) in [5.74, 6) is 1.65. The third kappa shape index (κ3) is 4.41. The molecule has 1 aromatic heterocycles. The number of carbonyl (C=O) groups excluding carboxylic acids is 1. The van der Waals surface area contributed by atoms with Crippen molar-refractivity contribution >= 4 is 17.5 Å². The number of anilines is 2. The average molecular weight is 340 g/mol. The molecule has 1 N–H and O–H groups in total. The van der Waals surface area contributed by atoms with E-state index in [1.54, 1.807) is 6.20 Å². The molecule has 1 aliphatic rings. The van der Waals surface area contributed by atoms with Crippen LogP contribution in [0.2, 0.25) is 0 Å². The molecule has 1 saturated heterocycles. The molecular formula is C19H24N4O2. The van der Waals surface area contributed by atoms with Gasteiger partial charge in [0.25, 0.3) is 0 Å². The Kier molecular flexibility index (Phi) is 5.38. The Balaban J connectivity index is 1.58. The van der Waals surface area contributed by atoms with E-state index in [4.69, 9.17) is 4.74 Å². The molecule has 1 aromatic carbocycles. The lowest BCUT2D eigenvalue weighted by Crippen LogP contribution is -2.50. The summed E-state index contributed by atoms with van der Waals surface area (Å²) in [6, 6.07) is 13.3.